The summed E-state index contributed by atoms with van der Waals surface area (Å²) in [5, 5.41) is 12.9. The summed E-state index contributed by atoms with van der Waals surface area (Å²) in [4.78, 5) is 13.9. The maximum Gasteiger partial charge on any atom is 0.245 e. The summed E-state index contributed by atoms with van der Waals surface area (Å²) in [7, 11) is 0. The van der Waals surface area contributed by atoms with Gasteiger partial charge >= 0.3 is 0 Å². The number of nitrogens with zero attached hydrogens (tertiary/aromatic N) is 1. The molecule has 1 heterocycles. The van der Waals surface area contributed by atoms with Gasteiger partial charge in [0.25, 0.3) is 0 Å². The third-order valence-electron chi connectivity index (χ3n) is 3.02. The second-order valence-corrected chi connectivity index (χ2v) is 5.62. The molecule has 0 radical (unpaired) electrons. The van der Waals surface area contributed by atoms with Crippen LogP contribution in [0.1, 0.15) is 13.8 Å². The molecule has 1 amide bonds. The molecule has 1 aromatic rings. The van der Waals surface area contributed by atoms with Gasteiger partial charge in [-0.25, -0.2) is 0 Å². The van der Waals surface area contributed by atoms with Crippen molar-refractivity contribution in [3.05, 3.63) is 29.3 Å². The number of aliphatic hydroxyl groups excluding tert-OH is 1. The maximum atomic E-state index is 12.0. The minimum Gasteiger partial charge on any atom is -0.394 e. The van der Waals surface area contributed by atoms with Gasteiger partial charge in [0.1, 0.15) is 6.04 Å². The number of amides is 1. The number of halogens is 1. The molecule has 1 aromatic carbocycles. The molecule has 2 N–H and O–H groups in total. The van der Waals surface area contributed by atoms with E-state index in [1.54, 1.807) is 12.1 Å². The van der Waals surface area contributed by atoms with Crippen molar-refractivity contribution in [3.8, 4) is 0 Å². The molecule has 1 aliphatic heterocycles. The molecule has 1 unspecified atom stereocenters. The normalized spacial score (nSPS) is 22.8. The first-order valence-electron chi connectivity index (χ1n) is 5.88. The molecule has 4 nitrogen and oxygen atoms in total. The topological polar surface area (TPSA) is 52.6 Å². The van der Waals surface area contributed by atoms with E-state index in [0.29, 0.717) is 11.6 Å². The molecule has 1 fully saturated rings. The van der Waals surface area contributed by atoms with E-state index in [9.17, 15) is 9.90 Å². The minimum absolute atomic E-state index is 0.159. The Morgan fingerprint density at radius 1 is 1.56 bits per heavy atom. The number of rotatable bonds is 2. The van der Waals surface area contributed by atoms with E-state index in [2.05, 4.69) is 5.32 Å². The van der Waals surface area contributed by atoms with Gasteiger partial charge in [-0.1, -0.05) is 17.7 Å². The number of benzene rings is 1. The second kappa shape index (κ2) is 4.78. The van der Waals surface area contributed by atoms with Crippen molar-refractivity contribution in [2.75, 3.05) is 18.1 Å². The summed E-state index contributed by atoms with van der Waals surface area (Å²) in [5.41, 5.74) is 0.523. The van der Waals surface area contributed by atoms with Gasteiger partial charge < -0.3 is 15.3 Å². The molecular formula is C13H17ClN2O2. The molecule has 18 heavy (non-hydrogen) atoms. The quantitative estimate of drug-likeness (QED) is 0.853. The molecule has 1 aliphatic rings. The third-order valence-corrected chi connectivity index (χ3v) is 3.25. The van der Waals surface area contributed by atoms with Crippen molar-refractivity contribution in [1.82, 2.24) is 5.32 Å². The average Bonchev–Trinajstić information content (AvgIpc) is 2.27. The van der Waals surface area contributed by atoms with E-state index in [4.69, 9.17) is 11.6 Å². The zero-order valence-corrected chi connectivity index (χ0v) is 11.2. The Kier molecular flexibility index (Phi) is 3.50. The van der Waals surface area contributed by atoms with Crippen LogP contribution in [-0.4, -0.2) is 35.7 Å². The molecule has 1 saturated heterocycles. The van der Waals surface area contributed by atoms with Gasteiger partial charge in [0.05, 0.1) is 12.1 Å². The van der Waals surface area contributed by atoms with Crippen molar-refractivity contribution in [1.29, 1.82) is 0 Å². The maximum absolute atomic E-state index is 12.0. The molecule has 1 atom stereocenters. The number of aliphatic hydroxyl groups is 1. The molecule has 0 saturated carbocycles. The van der Waals surface area contributed by atoms with E-state index in [-0.39, 0.29) is 18.1 Å². The monoisotopic (exact) mass is 268 g/mol. The van der Waals surface area contributed by atoms with E-state index < -0.39 is 6.04 Å². The fourth-order valence-electron chi connectivity index (χ4n) is 2.24. The molecule has 0 aromatic heterocycles. The molecule has 5 heteroatoms. The minimum atomic E-state index is -0.559. The summed E-state index contributed by atoms with van der Waals surface area (Å²) in [6.45, 7) is 4.32. The van der Waals surface area contributed by atoms with Crippen LogP contribution >= 0.6 is 11.6 Å². The fourth-order valence-corrected chi connectivity index (χ4v) is 2.43. The highest BCUT2D eigenvalue weighted by Gasteiger charge is 2.38. The van der Waals surface area contributed by atoms with Gasteiger partial charge in [-0.15, -0.1) is 0 Å². The Morgan fingerprint density at radius 2 is 2.28 bits per heavy atom. The van der Waals surface area contributed by atoms with E-state index in [1.807, 2.05) is 30.9 Å². The van der Waals surface area contributed by atoms with Crippen molar-refractivity contribution in [3.63, 3.8) is 0 Å². The Morgan fingerprint density at radius 3 is 2.89 bits per heavy atom. The van der Waals surface area contributed by atoms with Gasteiger partial charge in [0.2, 0.25) is 5.91 Å². The molecule has 98 valence electrons. The van der Waals surface area contributed by atoms with E-state index >= 15 is 0 Å². The van der Waals surface area contributed by atoms with E-state index in [0.717, 1.165) is 5.69 Å². The van der Waals surface area contributed by atoms with Crippen LogP contribution in [0.2, 0.25) is 5.02 Å². The van der Waals surface area contributed by atoms with Gasteiger partial charge in [-0.2, -0.15) is 0 Å². The molecule has 2 rings (SSSR count). The van der Waals surface area contributed by atoms with Gasteiger partial charge in [-0.05, 0) is 32.0 Å². The summed E-state index contributed by atoms with van der Waals surface area (Å²) >= 11 is 5.97. The molecular weight excluding hydrogens is 252 g/mol. The first-order valence-corrected chi connectivity index (χ1v) is 6.26. The molecule has 0 bridgehead atoms. The first-order chi connectivity index (χ1) is 8.43. The van der Waals surface area contributed by atoms with Crippen molar-refractivity contribution >= 4 is 23.2 Å². The number of hydrogen-bond acceptors (Lipinski definition) is 3. The summed E-state index contributed by atoms with van der Waals surface area (Å²) in [6, 6.07) is 6.76. The number of piperazine rings is 1. The highest BCUT2D eigenvalue weighted by Crippen LogP contribution is 2.26. The van der Waals surface area contributed by atoms with Crippen LogP contribution in [-0.2, 0) is 4.79 Å². The average molecular weight is 269 g/mol. The lowest BCUT2D eigenvalue weighted by Gasteiger charge is -2.44. The van der Waals surface area contributed by atoms with Crippen LogP contribution in [0.5, 0.6) is 0 Å². The highest BCUT2D eigenvalue weighted by molar-refractivity contribution is 6.30. The summed E-state index contributed by atoms with van der Waals surface area (Å²) in [6.07, 6.45) is 0. The number of nitrogens with one attached hydrogen (secondary N) is 1. The summed E-state index contributed by atoms with van der Waals surface area (Å²) in [5.74, 6) is -0.159. The number of carbonyl (C=O) groups excluding carboxylic acids is 1. The van der Waals surface area contributed by atoms with Crippen LogP contribution in [0.15, 0.2) is 24.3 Å². The lowest BCUT2D eigenvalue weighted by Crippen LogP contribution is -2.66. The number of hydrogen-bond donors (Lipinski definition) is 2. The number of carbonyl (C=O) groups is 1. The lowest BCUT2D eigenvalue weighted by molar-refractivity contribution is -0.126. The van der Waals surface area contributed by atoms with Crippen molar-refractivity contribution in [2.24, 2.45) is 0 Å². The van der Waals surface area contributed by atoms with E-state index in [1.165, 1.54) is 0 Å². The molecule has 0 spiro atoms. The van der Waals surface area contributed by atoms with Crippen LogP contribution < -0.4 is 10.2 Å². The van der Waals surface area contributed by atoms with Crippen LogP contribution in [0, 0.1) is 0 Å². The smallest absolute Gasteiger partial charge is 0.245 e. The summed E-state index contributed by atoms with van der Waals surface area (Å²) < 4.78 is 0. The predicted octanol–water partition coefficient (Wildman–Crippen LogP) is 1.42. The van der Waals surface area contributed by atoms with Crippen LogP contribution in [0.25, 0.3) is 0 Å². The second-order valence-electron chi connectivity index (χ2n) is 5.18. The van der Waals surface area contributed by atoms with Crippen LogP contribution in [0.4, 0.5) is 5.69 Å². The highest BCUT2D eigenvalue weighted by atomic mass is 35.5. The Hall–Kier alpha value is -1.26. The van der Waals surface area contributed by atoms with Crippen LogP contribution in [0.3, 0.4) is 0 Å². The van der Waals surface area contributed by atoms with Gasteiger partial charge in [0, 0.05) is 17.3 Å². The lowest BCUT2D eigenvalue weighted by atomic mass is 9.97. The fraction of sp³-hybridized carbons (Fsp3) is 0.462. The van der Waals surface area contributed by atoms with Crippen molar-refractivity contribution in [2.45, 2.75) is 25.4 Å². The predicted molar refractivity (Wildman–Crippen MR) is 71.9 cm³/mol. The van der Waals surface area contributed by atoms with Gasteiger partial charge in [0.15, 0.2) is 0 Å². The number of anilines is 1. The van der Waals surface area contributed by atoms with Gasteiger partial charge in [-0.3, -0.25) is 4.79 Å². The largest absolute Gasteiger partial charge is 0.394 e. The SMILES string of the molecule is CC1(C)CN(c2cccc(Cl)c2)C(CO)C(=O)N1. The Labute approximate surface area is 112 Å². The zero-order chi connectivity index (χ0) is 13.3. The molecule has 0 aliphatic carbocycles. The Bertz CT molecular complexity index is 462. The Balaban J connectivity index is 2.36. The standard InChI is InChI=1S/C13H17ClN2O2/c1-13(2)8-16(11(7-17)12(18)15-13)10-5-3-4-9(14)6-10/h3-6,11,17H,7-8H2,1-2H3,(H,15,18). The van der Waals surface area contributed by atoms with Crippen molar-refractivity contribution < 1.29 is 9.90 Å². The zero-order valence-electron chi connectivity index (χ0n) is 10.5. The first kappa shape index (κ1) is 13.2. The third kappa shape index (κ3) is 2.60.